The average molecular weight is 286 g/mol. The zero-order chi connectivity index (χ0) is 15.0. The van der Waals surface area contributed by atoms with Gasteiger partial charge in [-0.3, -0.25) is 14.2 Å². The molecule has 110 valence electrons. The van der Waals surface area contributed by atoms with Crippen molar-refractivity contribution < 1.29 is 4.79 Å². The normalized spacial score (nSPS) is 16.3. The van der Waals surface area contributed by atoms with Crippen molar-refractivity contribution >= 4 is 22.8 Å². The highest BCUT2D eigenvalue weighted by molar-refractivity contribution is 5.78. The number of nitrogens with two attached hydrogens (primary N) is 1. The van der Waals surface area contributed by atoms with Gasteiger partial charge in [-0.1, -0.05) is 12.1 Å². The third-order valence-electron chi connectivity index (χ3n) is 4.11. The fourth-order valence-corrected chi connectivity index (χ4v) is 2.95. The molecule has 1 fully saturated rings. The summed E-state index contributed by atoms with van der Waals surface area (Å²) in [5.74, 6) is 0.324. The highest BCUT2D eigenvalue weighted by Gasteiger charge is 2.24. The second-order valence-electron chi connectivity index (χ2n) is 5.40. The lowest BCUT2D eigenvalue weighted by molar-refractivity contribution is -0.130. The van der Waals surface area contributed by atoms with E-state index in [1.54, 1.807) is 28.5 Å². The van der Waals surface area contributed by atoms with Gasteiger partial charge in [0.05, 0.1) is 10.9 Å². The summed E-state index contributed by atoms with van der Waals surface area (Å²) in [6.45, 7) is 2.87. The summed E-state index contributed by atoms with van der Waals surface area (Å²) in [6.07, 6.45) is 1.45. The summed E-state index contributed by atoms with van der Waals surface area (Å²) in [5.41, 5.74) is 6.51. The van der Waals surface area contributed by atoms with E-state index in [0.29, 0.717) is 24.0 Å². The number of anilines is 1. The molecular formula is C15H18N4O2. The van der Waals surface area contributed by atoms with E-state index in [-0.39, 0.29) is 23.5 Å². The van der Waals surface area contributed by atoms with Crippen LogP contribution in [0.1, 0.15) is 25.8 Å². The van der Waals surface area contributed by atoms with Crippen LogP contribution in [0.5, 0.6) is 0 Å². The van der Waals surface area contributed by atoms with Crippen molar-refractivity contribution in [2.24, 2.45) is 0 Å². The van der Waals surface area contributed by atoms with Crippen LogP contribution in [0.15, 0.2) is 29.1 Å². The van der Waals surface area contributed by atoms with Crippen LogP contribution >= 0.6 is 0 Å². The SMILES string of the molecule is CC(=O)N1CCC(n2c(N)nc3ccccc3c2=O)CC1. The van der Waals surface area contributed by atoms with Crippen molar-refractivity contribution in [3.8, 4) is 0 Å². The van der Waals surface area contributed by atoms with Gasteiger partial charge in [0.2, 0.25) is 11.9 Å². The van der Waals surface area contributed by atoms with Gasteiger partial charge in [0, 0.05) is 26.1 Å². The van der Waals surface area contributed by atoms with E-state index in [0.717, 1.165) is 12.8 Å². The molecule has 0 spiro atoms. The summed E-state index contributed by atoms with van der Waals surface area (Å²) < 4.78 is 1.58. The molecule has 2 aromatic rings. The third kappa shape index (κ3) is 2.37. The Labute approximate surface area is 122 Å². The molecule has 0 unspecified atom stereocenters. The van der Waals surface area contributed by atoms with Gasteiger partial charge < -0.3 is 10.6 Å². The molecule has 2 N–H and O–H groups in total. The molecule has 0 bridgehead atoms. The number of nitrogen functional groups attached to an aromatic ring is 1. The minimum atomic E-state index is -0.0978. The molecule has 0 radical (unpaired) electrons. The Morgan fingerprint density at radius 1 is 1.29 bits per heavy atom. The second kappa shape index (κ2) is 5.20. The number of para-hydroxylation sites is 1. The molecule has 21 heavy (non-hydrogen) atoms. The minimum absolute atomic E-state index is 0.00482. The van der Waals surface area contributed by atoms with Crippen molar-refractivity contribution in [3.63, 3.8) is 0 Å². The summed E-state index contributed by atoms with van der Waals surface area (Å²) in [6, 6.07) is 7.22. The molecule has 0 saturated carbocycles. The lowest BCUT2D eigenvalue weighted by Crippen LogP contribution is -2.40. The molecule has 1 saturated heterocycles. The van der Waals surface area contributed by atoms with Gasteiger partial charge in [0.15, 0.2) is 0 Å². The van der Waals surface area contributed by atoms with Crippen LogP contribution in [0.2, 0.25) is 0 Å². The number of hydrogen-bond acceptors (Lipinski definition) is 4. The largest absolute Gasteiger partial charge is 0.369 e. The van der Waals surface area contributed by atoms with Gasteiger partial charge in [-0.15, -0.1) is 0 Å². The predicted octanol–water partition coefficient (Wildman–Crippen LogP) is 1.16. The van der Waals surface area contributed by atoms with E-state index in [1.165, 1.54) is 0 Å². The number of fused-ring (bicyclic) bond motifs is 1. The number of hydrogen-bond donors (Lipinski definition) is 1. The van der Waals surface area contributed by atoms with Crippen molar-refractivity contribution in [2.75, 3.05) is 18.8 Å². The molecule has 1 aromatic heterocycles. The number of benzene rings is 1. The molecule has 6 heteroatoms. The summed E-state index contributed by atoms with van der Waals surface area (Å²) >= 11 is 0. The molecule has 1 aliphatic rings. The van der Waals surface area contributed by atoms with Crippen LogP contribution in [-0.4, -0.2) is 33.4 Å². The van der Waals surface area contributed by atoms with Crippen LogP contribution in [0.4, 0.5) is 5.95 Å². The van der Waals surface area contributed by atoms with Gasteiger partial charge in [-0.2, -0.15) is 0 Å². The van der Waals surface area contributed by atoms with Gasteiger partial charge in [-0.25, -0.2) is 4.98 Å². The van der Waals surface area contributed by atoms with Crippen LogP contribution in [-0.2, 0) is 4.79 Å². The van der Waals surface area contributed by atoms with Crippen molar-refractivity contribution in [1.82, 2.24) is 14.5 Å². The Balaban J connectivity index is 1.98. The first-order valence-corrected chi connectivity index (χ1v) is 7.10. The first kappa shape index (κ1) is 13.6. The number of amides is 1. The van der Waals surface area contributed by atoms with Crippen molar-refractivity contribution in [3.05, 3.63) is 34.6 Å². The highest BCUT2D eigenvalue weighted by Crippen LogP contribution is 2.24. The molecular weight excluding hydrogens is 268 g/mol. The van der Waals surface area contributed by atoms with Crippen LogP contribution in [0, 0.1) is 0 Å². The van der Waals surface area contributed by atoms with Crippen molar-refractivity contribution in [2.45, 2.75) is 25.8 Å². The fourth-order valence-electron chi connectivity index (χ4n) is 2.95. The Kier molecular flexibility index (Phi) is 3.37. The Morgan fingerprint density at radius 3 is 2.62 bits per heavy atom. The van der Waals surface area contributed by atoms with Crippen molar-refractivity contribution in [1.29, 1.82) is 0 Å². The number of piperidine rings is 1. The molecule has 1 aromatic carbocycles. The average Bonchev–Trinajstić information content (AvgIpc) is 2.48. The van der Waals surface area contributed by atoms with Crippen LogP contribution in [0.25, 0.3) is 10.9 Å². The highest BCUT2D eigenvalue weighted by atomic mass is 16.2. The standard InChI is InChI=1S/C15H18N4O2/c1-10(20)18-8-6-11(7-9-18)19-14(21)12-4-2-3-5-13(12)17-15(19)16/h2-5,11H,6-9H2,1H3,(H2,16,17). The molecule has 1 aliphatic heterocycles. The molecule has 0 atom stereocenters. The summed E-state index contributed by atoms with van der Waals surface area (Å²) in [4.78, 5) is 30.1. The topological polar surface area (TPSA) is 81.2 Å². The number of carbonyl (C=O) groups is 1. The maximum atomic E-state index is 12.6. The molecule has 0 aliphatic carbocycles. The number of aromatic nitrogens is 2. The molecule has 1 amide bonds. The minimum Gasteiger partial charge on any atom is -0.369 e. The predicted molar refractivity (Wildman–Crippen MR) is 80.9 cm³/mol. The Morgan fingerprint density at radius 2 is 1.95 bits per heavy atom. The Hall–Kier alpha value is -2.37. The zero-order valence-electron chi connectivity index (χ0n) is 12.0. The van der Waals surface area contributed by atoms with E-state index in [9.17, 15) is 9.59 Å². The van der Waals surface area contributed by atoms with Gasteiger partial charge in [0.25, 0.3) is 5.56 Å². The first-order chi connectivity index (χ1) is 10.1. The van der Waals surface area contributed by atoms with E-state index >= 15 is 0 Å². The van der Waals surface area contributed by atoms with Gasteiger partial charge in [-0.05, 0) is 25.0 Å². The van der Waals surface area contributed by atoms with E-state index < -0.39 is 0 Å². The van der Waals surface area contributed by atoms with E-state index in [2.05, 4.69) is 4.98 Å². The molecule has 6 nitrogen and oxygen atoms in total. The smallest absolute Gasteiger partial charge is 0.263 e. The number of rotatable bonds is 1. The van der Waals surface area contributed by atoms with Gasteiger partial charge >= 0.3 is 0 Å². The van der Waals surface area contributed by atoms with Crippen LogP contribution < -0.4 is 11.3 Å². The lowest BCUT2D eigenvalue weighted by Gasteiger charge is -2.32. The van der Waals surface area contributed by atoms with E-state index in [4.69, 9.17) is 5.73 Å². The number of nitrogens with zero attached hydrogens (tertiary/aromatic N) is 3. The van der Waals surface area contributed by atoms with Crippen LogP contribution in [0.3, 0.4) is 0 Å². The summed E-state index contributed by atoms with van der Waals surface area (Å²) in [5, 5.41) is 0.584. The third-order valence-corrected chi connectivity index (χ3v) is 4.11. The van der Waals surface area contributed by atoms with E-state index in [1.807, 2.05) is 12.1 Å². The molecule has 2 heterocycles. The second-order valence-corrected chi connectivity index (χ2v) is 5.40. The monoisotopic (exact) mass is 286 g/mol. The van der Waals surface area contributed by atoms with Gasteiger partial charge in [0.1, 0.15) is 0 Å². The summed E-state index contributed by atoms with van der Waals surface area (Å²) in [7, 11) is 0. The lowest BCUT2D eigenvalue weighted by atomic mass is 10.0. The Bertz CT molecular complexity index is 745. The first-order valence-electron chi connectivity index (χ1n) is 7.10. The number of carbonyl (C=O) groups excluding carboxylic acids is 1. The quantitative estimate of drug-likeness (QED) is 0.853. The maximum absolute atomic E-state index is 12.6. The zero-order valence-corrected chi connectivity index (χ0v) is 12.0. The maximum Gasteiger partial charge on any atom is 0.263 e. The molecule has 3 rings (SSSR count). The fraction of sp³-hybridized carbons (Fsp3) is 0.400. The number of likely N-dealkylation sites (tertiary alicyclic amines) is 1.